The lowest BCUT2D eigenvalue weighted by molar-refractivity contribution is 0.108. The number of rotatable bonds is 4. The molecule has 0 fully saturated rings. The number of nitrogens with zero attached hydrogens (tertiary/aromatic N) is 1. The molecule has 0 heterocycles. The second-order valence-electron chi connectivity index (χ2n) is 3.67. The fourth-order valence-electron chi connectivity index (χ4n) is 1.27. The number of hydrogen-bond acceptors (Lipinski definition) is 1. The van der Waals surface area contributed by atoms with Crippen molar-refractivity contribution in [3.8, 4) is 0 Å². The topological polar surface area (TPSA) is 32.3 Å². The summed E-state index contributed by atoms with van der Waals surface area (Å²) in [7, 11) is 1.27. The molecule has 1 aromatic rings. The van der Waals surface area contributed by atoms with E-state index in [-0.39, 0.29) is 6.54 Å². The molecule has 0 aliphatic rings. The average molecular weight is 325 g/mol. The van der Waals surface area contributed by atoms with E-state index in [0.717, 1.165) is 4.90 Å². The molecule has 0 aromatic heterocycles. The molecule has 1 rings (SSSR count). The molecular weight excluding hydrogens is 313 g/mol. The molecule has 1 N–H and O–H groups in total. The van der Waals surface area contributed by atoms with Gasteiger partial charge < -0.3 is 10.2 Å². The van der Waals surface area contributed by atoms with Gasteiger partial charge in [0.15, 0.2) is 0 Å². The molecule has 1 aromatic carbocycles. The minimum Gasteiger partial charge on any atom is -0.334 e. The van der Waals surface area contributed by atoms with E-state index < -0.39 is 24.8 Å². The Morgan fingerprint density at radius 1 is 1.50 bits per heavy atom. The first-order chi connectivity index (χ1) is 8.40. The lowest BCUT2D eigenvalue weighted by Crippen LogP contribution is -2.39. The van der Waals surface area contributed by atoms with Crippen molar-refractivity contribution in [1.29, 1.82) is 0 Å². The molecule has 0 saturated heterocycles. The zero-order valence-corrected chi connectivity index (χ0v) is 11.2. The van der Waals surface area contributed by atoms with Crippen LogP contribution in [0.4, 0.5) is 18.0 Å². The summed E-state index contributed by atoms with van der Waals surface area (Å²) in [4.78, 5) is 12.3. The quantitative estimate of drug-likeness (QED) is 0.907. The summed E-state index contributed by atoms with van der Waals surface area (Å²) in [5.41, 5.74) is 0.536. The van der Waals surface area contributed by atoms with Crippen molar-refractivity contribution < 1.29 is 18.0 Å². The summed E-state index contributed by atoms with van der Waals surface area (Å²) in [6.07, 6.45) is -2.58. The number of alkyl halides is 2. The maximum atomic E-state index is 13.0. The van der Waals surface area contributed by atoms with Gasteiger partial charge in [0, 0.05) is 18.1 Å². The number of hydrogen-bond donors (Lipinski definition) is 1. The van der Waals surface area contributed by atoms with Crippen molar-refractivity contribution in [2.24, 2.45) is 0 Å². The van der Waals surface area contributed by atoms with Gasteiger partial charge in [-0.05, 0) is 23.8 Å². The Balaban J connectivity index is 2.54. The lowest BCUT2D eigenvalue weighted by atomic mass is 10.2. The van der Waals surface area contributed by atoms with E-state index >= 15 is 0 Å². The van der Waals surface area contributed by atoms with Crippen LogP contribution >= 0.6 is 15.9 Å². The predicted molar refractivity (Wildman–Crippen MR) is 65.0 cm³/mol. The third-order valence-electron chi connectivity index (χ3n) is 2.20. The second kappa shape index (κ2) is 6.63. The van der Waals surface area contributed by atoms with Crippen LogP contribution in [0.15, 0.2) is 22.7 Å². The van der Waals surface area contributed by atoms with Crippen LogP contribution in [-0.2, 0) is 6.54 Å². The van der Waals surface area contributed by atoms with E-state index in [1.54, 1.807) is 0 Å². The van der Waals surface area contributed by atoms with Gasteiger partial charge in [-0.25, -0.2) is 18.0 Å². The molecule has 0 aliphatic carbocycles. The second-order valence-corrected chi connectivity index (χ2v) is 4.52. The highest BCUT2D eigenvalue weighted by Crippen LogP contribution is 2.17. The molecule has 0 bridgehead atoms. The van der Waals surface area contributed by atoms with Gasteiger partial charge in [-0.1, -0.05) is 15.9 Å². The van der Waals surface area contributed by atoms with Gasteiger partial charge in [0.25, 0.3) is 6.43 Å². The van der Waals surface area contributed by atoms with E-state index in [9.17, 15) is 18.0 Å². The summed E-state index contributed by atoms with van der Waals surface area (Å²) in [6.45, 7) is -0.582. The largest absolute Gasteiger partial charge is 0.334 e. The summed E-state index contributed by atoms with van der Waals surface area (Å²) in [5, 5.41) is 2.43. The van der Waals surface area contributed by atoms with Crippen LogP contribution in [-0.4, -0.2) is 30.9 Å². The average Bonchev–Trinajstić information content (AvgIpc) is 2.29. The van der Waals surface area contributed by atoms with Crippen LogP contribution < -0.4 is 5.32 Å². The molecular formula is C11H12BrF3N2O. The third-order valence-corrected chi connectivity index (χ3v) is 2.97. The van der Waals surface area contributed by atoms with Crippen molar-refractivity contribution >= 4 is 22.0 Å². The van der Waals surface area contributed by atoms with Crippen LogP contribution in [0, 0.1) is 5.82 Å². The summed E-state index contributed by atoms with van der Waals surface area (Å²) in [5.74, 6) is -0.427. The van der Waals surface area contributed by atoms with Gasteiger partial charge in [0.2, 0.25) is 0 Å². The number of halogens is 4. The van der Waals surface area contributed by atoms with Gasteiger partial charge >= 0.3 is 6.03 Å². The van der Waals surface area contributed by atoms with Crippen LogP contribution in [0.25, 0.3) is 0 Å². The smallest absolute Gasteiger partial charge is 0.317 e. The Morgan fingerprint density at radius 3 is 2.78 bits per heavy atom. The fraction of sp³-hybridized carbons (Fsp3) is 0.364. The van der Waals surface area contributed by atoms with Gasteiger partial charge in [0.1, 0.15) is 5.82 Å². The molecule has 2 amide bonds. The molecule has 100 valence electrons. The van der Waals surface area contributed by atoms with Gasteiger partial charge in [-0.2, -0.15) is 0 Å². The van der Waals surface area contributed by atoms with Crippen molar-refractivity contribution in [2.45, 2.75) is 13.0 Å². The Hall–Kier alpha value is -1.24. The zero-order valence-electron chi connectivity index (χ0n) is 9.59. The molecule has 0 radical (unpaired) electrons. The number of nitrogens with one attached hydrogen (secondary N) is 1. The van der Waals surface area contributed by atoms with Gasteiger partial charge in [-0.3, -0.25) is 0 Å². The van der Waals surface area contributed by atoms with Gasteiger partial charge in [-0.15, -0.1) is 0 Å². The van der Waals surface area contributed by atoms with E-state index in [0.29, 0.717) is 10.0 Å². The molecule has 3 nitrogen and oxygen atoms in total. The first-order valence-corrected chi connectivity index (χ1v) is 5.90. The lowest BCUT2D eigenvalue weighted by Gasteiger charge is -2.17. The Bertz CT molecular complexity index is 429. The highest BCUT2D eigenvalue weighted by Gasteiger charge is 2.13. The highest BCUT2D eigenvalue weighted by molar-refractivity contribution is 9.10. The molecule has 0 spiro atoms. The highest BCUT2D eigenvalue weighted by atomic mass is 79.9. The van der Waals surface area contributed by atoms with Crippen molar-refractivity contribution in [2.75, 3.05) is 13.6 Å². The molecule has 7 heteroatoms. The summed E-state index contributed by atoms with van der Waals surface area (Å²) in [6, 6.07) is 3.42. The van der Waals surface area contributed by atoms with E-state index in [4.69, 9.17) is 0 Å². The molecule has 0 unspecified atom stereocenters. The predicted octanol–water partition coefficient (Wildman–Crippen LogP) is 2.99. The van der Waals surface area contributed by atoms with Crippen LogP contribution in [0.1, 0.15) is 5.56 Å². The van der Waals surface area contributed by atoms with Gasteiger partial charge in [0.05, 0.1) is 6.54 Å². The maximum absolute atomic E-state index is 13.0. The minimum absolute atomic E-state index is 0.0603. The SMILES string of the molecule is CN(CC(F)F)C(=O)NCc1cc(F)ccc1Br. The fourth-order valence-corrected chi connectivity index (χ4v) is 1.66. The number of benzene rings is 1. The monoisotopic (exact) mass is 324 g/mol. The Labute approximate surface area is 111 Å². The summed E-state index contributed by atoms with van der Waals surface area (Å²) >= 11 is 3.21. The number of carbonyl (C=O) groups is 1. The first-order valence-electron chi connectivity index (χ1n) is 5.11. The number of carbonyl (C=O) groups excluding carboxylic acids is 1. The molecule has 0 saturated carbocycles. The zero-order chi connectivity index (χ0) is 13.7. The maximum Gasteiger partial charge on any atom is 0.317 e. The minimum atomic E-state index is -2.58. The normalized spacial score (nSPS) is 10.6. The molecule has 0 atom stereocenters. The van der Waals surface area contributed by atoms with Crippen LogP contribution in [0.3, 0.4) is 0 Å². The van der Waals surface area contributed by atoms with E-state index in [1.807, 2.05) is 0 Å². The standard InChI is InChI=1S/C11H12BrF3N2O/c1-17(6-10(14)15)11(18)16-5-7-4-8(13)2-3-9(7)12/h2-4,10H,5-6H2,1H3,(H,16,18). The van der Waals surface area contributed by atoms with Crippen molar-refractivity contribution in [3.63, 3.8) is 0 Å². The van der Waals surface area contributed by atoms with Crippen LogP contribution in [0.2, 0.25) is 0 Å². The third kappa shape index (κ3) is 4.56. The van der Waals surface area contributed by atoms with Crippen molar-refractivity contribution in [3.05, 3.63) is 34.1 Å². The molecule has 0 aliphatic heterocycles. The molecule has 18 heavy (non-hydrogen) atoms. The summed E-state index contributed by atoms with van der Waals surface area (Å²) < 4.78 is 37.7. The van der Waals surface area contributed by atoms with Crippen LogP contribution in [0.5, 0.6) is 0 Å². The Morgan fingerprint density at radius 2 is 2.17 bits per heavy atom. The van der Waals surface area contributed by atoms with Crippen molar-refractivity contribution in [1.82, 2.24) is 10.2 Å². The first kappa shape index (κ1) is 14.8. The Kier molecular flexibility index (Phi) is 5.46. The van der Waals surface area contributed by atoms with E-state index in [2.05, 4.69) is 21.2 Å². The number of amides is 2. The van der Waals surface area contributed by atoms with E-state index in [1.165, 1.54) is 25.2 Å². The number of urea groups is 1.